The molecule has 11 aromatic rings. The smallest absolute Gasteiger partial charge is 0.146 e. The molecule has 0 radical (unpaired) electrons. The molecule has 2 aromatic heterocycles. The number of pyridine rings is 1. The topological polar surface area (TPSA) is 17.3 Å². The van der Waals surface area contributed by atoms with Crippen LogP contribution in [0.4, 0.5) is 0 Å². The maximum Gasteiger partial charge on any atom is 0.146 e. The lowest BCUT2D eigenvalue weighted by Crippen LogP contribution is -2.25. The highest BCUT2D eigenvalue weighted by molar-refractivity contribution is 8.25. The first kappa shape index (κ1) is 32.1. The highest BCUT2D eigenvalue weighted by atomic mass is 32.4. The second kappa shape index (κ2) is 12.6. The lowest BCUT2D eigenvalue weighted by molar-refractivity contribution is 1.32. The van der Waals surface area contributed by atoms with Gasteiger partial charge in [0.2, 0.25) is 0 Å². The molecule has 4 heteroatoms. The quantitative estimate of drug-likeness (QED) is 0.129. The Hall–Kier alpha value is -6.38. The van der Waals surface area contributed by atoms with Gasteiger partial charge in [-0.25, -0.2) is 4.98 Å². The van der Waals surface area contributed by atoms with E-state index in [2.05, 4.69) is 205 Å². The maximum atomic E-state index is 6.87. The fraction of sp³-hybridized carbons (Fsp3) is 0. The van der Waals surface area contributed by atoms with Gasteiger partial charge in [-0.3, -0.25) is 4.40 Å². The highest BCUT2D eigenvalue weighted by Crippen LogP contribution is 2.46. The first-order valence-corrected chi connectivity index (χ1v) is 21.5. The van der Waals surface area contributed by atoms with E-state index in [1.807, 2.05) is 0 Å². The number of nitrogens with zero attached hydrogens (tertiary/aromatic N) is 2. The van der Waals surface area contributed by atoms with Crippen LogP contribution < -0.4 is 15.9 Å². The third kappa shape index (κ3) is 4.94. The maximum absolute atomic E-state index is 6.87. The predicted molar refractivity (Wildman–Crippen MR) is 240 cm³/mol. The Morgan fingerprint density at radius 3 is 1.80 bits per heavy atom. The number of rotatable bonds is 5. The Balaban J connectivity index is 1.20. The molecular weight excluding hydrogens is 704 g/mol. The minimum atomic E-state index is -2.38. The molecule has 0 spiro atoms. The standard InChI is InChI=1S/C51H33N2PS/c55-54(38-17-6-2-7-18-38,39-19-8-3-9-20-39)49-31-28-40(42-22-12-13-23-43(42)49)37-26-30-47-45(32-37)50-41-21-11-10-16-35(41)24-27-44(50)51-52-46-29-25-36(33-48(46)53(47)51)34-14-4-1-5-15-34/h1-33H. The third-order valence-electron chi connectivity index (χ3n) is 11.2. The molecule has 0 fully saturated rings. The fourth-order valence-corrected chi connectivity index (χ4v) is 12.7. The minimum absolute atomic E-state index is 0.976. The van der Waals surface area contributed by atoms with E-state index in [1.54, 1.807) is 0 Å². The molecule has 0 saturated heterocycles. The number of hydrogen-bond acceptors (Lipinski definition) is 2. The number of fused-ring (bicyclic) bond motifs is 11. The SMILES string of the molecule is S=P(c1ccccc1)(c1ccccc1)c1ccc(-c2ccc3c(c2)c2c4ccccc4ccc2c2nc4ccc(-c5ccccc5)cc4n32)c2ccccc12. The number of aromatic nitrogens is 2. The van der Waals surface area contributed by atoms with Crippen LogP contribution in [0.5, 0.6) is 0 Å². The Morgan fingerprint density at radius 1 is 0.418 bits per heavy atom. The van der Waals surface area contributed by atoms with Gasteiger partial charge < -0.3 is 0 Å². The van der Waals surface area contributed by atoms with E-state index in [-0.39, 0.29) is 0 Å². The lowest BCUT2D eigenvalue weighted by Gasteiger charge is -2.26. The molecule has 2 heterocycles. The first-order valence-electron chi connectivity index (χ1n) is 18.7. The monoisotopic (exact) mass is 736 g/mol. The summed E-state index contributed by atoms with van der Waals surface area (Å²) in [5.41, 5.74) is 8.94. The zero-order valence-electron chi connectivity index (χ0n) is 29.8. The number of benzene rings is 9. The molecule has 0 atom stereocenters. The molecule has 258 valence electrons. The zero-order chi connectivity index (χ0) is 36.5. The summed E-state index contributed by atoms with van der Waals surface area (Å²) in [5.74, 6) is 0. The van der Waals surface area contributed by atoms with E-state index in [1.165, 1.54) is 70.5 Å². The molecule has 0 aliphatic carbocycles. The largest absolute Gasteiger partial charge is 0.292 e. The van der Waals surface area contributed by atoms with Gasteiger partial charge in [0.1, 0.15) is 5.65 Å². The second-order valence-corrected chi connectivity index (χ2v) is 18.6. The molecule has 9 aromatic carbocycles. The summed E-state index contributed by atoms with van der Waals surface area (Å²) in [6.45, 7) is 0. The van der Waals surface area contributed by atoms with Crippen molar-refractivity contribution < 1.29 is 0 Å². The summed E-state index contributed by atoms with van der Waals surface area (Å²) in [6.07, 6.45) is 0. The summed E-state index contributed by atoms with van der Waals surface area (Å²) in [6, 6.07) is 69.9. The van der Waals surface area contributed by atoms with Gasteiger partial charge >= 0.3 is 0 Å². The van der Waals surface area contributed by atoms with Crippen LogP contribution in [0.3, 0.4) is 0 Å². The van der Waals surface area contributed by atoms with E-state index in [4.69, 9.17) is 16.8 Å². The van der Waals surface area contributed by atoms with E-state index in [9.17, 15) is 0 Å². The van der Waals surface area contributed by atoms with Crippen LogP contribution in [-0.2, 0) is 11.8 Å². The van der Waals surface area contributed by atoms with Crippen molar-refractivity contribution in [1.29, 1.82) is 0 Å². The van der Waals surface area contributed by atoms with Crippen molar-refractivity contribution in [2.75, 3.05) is 0 Å². The molecule has 2 nitrogen and oxygen atoms in total. The van der Waals surface area contributed by atoms with Crippen molar-refractivity contribution in [3.63, 3.8) is 0 Å². The molecule has 0 unspecified atom stereocenters. The van der Waals surface area contributed by atoms with E-state index < -0.39 is 6.04 Å². The van der Waals surface area contributed by atoms with Crippen molar-refractivity contribution in [2.45, 2.75) is 0 Å². The van der Waals surface area contributed by atoms with Gasteiger partial charge in [0.15, 0.2) is 0 Å². The summed E-state index contributed by atoms with van der Waals surface area (Å²) < 4.78 is 2.37. The van der Waals surface area contributed by atoms with Gasteiger partial charge in [0, 0.05) is 27.5 Å². The van der Waals surface area contributed by atoms with Gasteiger partial charge in [-0.2, -0.15) is 0 Å². The van der Waals surface area contributed by atoms with Gasteiger partial charge in [-0.15, -0.1) is 0 Å². The summed E-state index contributed by atoms with van der Waals surface area (Å²) in [4.78, 5) is 5.30. The van der Waals surface area contributed by atoms with E-state index >= 15 is 0 Å². The fourth-order valence-electron chi connectivity index (χ4n) is 8.67. The Morgan fingerprint density at radius 2 is 1.05 bits per heavy atom. The van der Waals surface area contributed by atoms with Gasteiger partial charge in [0.05, 0.1) is 16.6 Å². The van der Waals surface area contributed by atoms with Gasteiger partial charge in [0.25, 0.3) is 0 Å². The first-order chi connectivity index (χ1) is 27.2. The average Bonchev–Trinajstić information content (AvgIpc) is 3.65. The van der Waals surface area contributed by atoms with Crippen LogP contribution in [0.25, 0.3) is 82.2 Å². The van der Waals surface area contributed by atoms with E-state index in [0.29, 0.717) is 0 Å². The molecule has 11 rings (SSSR count). The van der Waals surface area contributed by atoms with Crippen molar-refractivity contribution in [3.8, 4) is 22.3 Å². The van der Waals surface area contributed by atoms with Crippen LogP contribution >= 0.6 is 6.04 Å². The van der Waals surface area contributed by atoms with Crippen molar-refractivity contribution in [3.05, 3.63) is 200 Å². The van der Waals surface area contributed by atoms with Crippen LogP contribution in [0.15, 0.2) is 200 Å². The molecule has 55 heavy (non-hydrogen) atoms. The Bertz CT molecular complexity index is 3290. The van der Waals surface area contributed by atoms with Crippen LogP contribution in [0.2, 0.25) is 0 Å². The van der Waals surface area contributed by atoms with Gasteiger partial charge in [-0.05, 0) is 84.7 Å². The Kier molecular flexibility index (Phi) is 7.35. The summed E-state index contributed by atoms with van der Waals surface area (Å²) in [5, 5.41) is 12.1. The number of hydrogen-bond donors (Lipinski definition) is 0. The highest BCUT2D eigenvalue weighted by Gasteiger charge is 2.27. The molecule has 0 aliphatic heterocycles. The molecule has 0 aliphatic rings. The second-order valence-electron chi connectivity index (χ2n) is 14.2. The van der Waals surface area contributed by atoms with E-state index in [0.717, 1.165) is 27.6 Å². The summed E-state index contributed by atoms with van der Waals surface area (Å²) >= 11 is 6.87. The molecular formula is C51H33N2PS. The van der Waals surface area contributed by atoms with Crippen molar-refractivity contribution in [1.82, 2.24) is 9.38 Å². The number of imidazole rings is 1. The molecule has 0 N–H and O–H groups in total. The Labute approximate surface area is 324 Å². The van der Waals surface area contributed by atoms with Crippen LogP contribution in [0, 0.1) is 0 Å². The summed E-state index contributed by atoms with van der Waals surface area (Å²) in [7, 11) is 0. The van der Waals surface area contributed by atoms with Crippen molar-refractivity contribution in [2.24, 2.45) is 0 Å². The van der Waals surface area contributed by atoms with Gasteiger partial charge in [-0.1, -0.05) is 182 Å². The molecule has 0 saturated carbocycles. The lowest BCUT2D eigenvalue weighted by atomic mass is 9.94. The zero-order valence-corrected chi connectivity index (χ0v) is 31.5. The third-order valence-corrected chi connectivity index (χ3v) is 16.2. The normalized spacial score (nSPS) is 12.1. The predicted octanol–water partition coefficient (Wildman–Crippen LogP) is 12.2. The minimum Gasteiger partial charge on any atom is -0.292 e. The average molecular weight is 737 g/mol. The molecule has 0 bridgehead atoms. The molecule has 0 amide bonds. The van der Waals surface area contributed by atoms with Crippen LogP contribution in [0.1, 0.15) is 0 Å². The van der Waals surface area contributed by atoms with Crippen LogP contribution in [-0.4, -0.2) is 9.38 Å². The van der Waals surface area contributed by atoms with Crippen molar-refractivity contribution >= 4 is 93.7 Å².